The molecule has 1 aromatic rings. The van der Waals surface area contributed by atoms with E-state index in [9.17, 15) is 13.2 Å². The minimum absolute atomic E-state index is 0.123. The number of hydrogen-bond acceptors (Lipinski definition) is 4. The van der Waals surface area contributed by atoms with Crippen LogP contribution in [0.4, 0.5) is 13.2 Å². The van der Waals surface area contributed by atoms with Crippen molar-refractivity contribution >= 4 is 0 Å². The predicted molar refractivity (Wildman–Crippen MR) is 89.4 cm³/mol. The fraction of sp³-hybridized carbons (Fsp3) is 0.667. The van der Waals surface area contributed by atoms with E-state index in [2.05, 4.69) is 5.32 Å². The Morgan fingerprint density at radius 3 is 2.12 bits per heavy atom. The van der Waals surface area contributed by atoms with Crippen LogP contribution in [0.3, 0.4) is 0 Å². The maximum atomic E-state index is 13.0. The molecule has 0 aliphatic heterocycles. The molecule has 25 heavy (non-hydrogen) atoms. The van der Waals surface area contributed by atoms with Gasteiger partial charge >= 0.3 is 6.18 Å². The molecule has 0 aromatic heterocycles. The molecule has 3 unspecified atom stereocenters. The smallest absolute Gasteiger partial charge is 0.391 e. The number of ether oxygens (including phenoxy) is 3. The van der Waals surface area contributed by atoms with E-state index in [1.807, 2.05) is 19.1 Å². The maximum Gasteiger partial charge on any atom is 0.391 e. The number of benzene rings is 1. The van der Waals surface area contributed by atoms with E-state index in [1.165, 1.54) is 21.3 Å². The third-order valence-electron chi connectivity index (χ3n) is 4.81. The Labute approximate surface area is 146 Å². The van der Waals surface area contributed by atoms with Gasteiger partial charge in [-0.05, 0) is 43.9 Å². The fourth-order valence-electron chi connectivity index (χ4n) is 3.44. The molecule has 0 heterocycles. The summed E-state index contributed by atoms with van der Waals surface area (Å²) in [6.45, 7) is 1.93. The summed E-state index contributed by atoms with van der Waals surface area (Å²) in [6.07, 6.45) is -2.43. The molecular weight excluding hydrogens is 335 g/mol. The molecule has 1 N–H and O–H groups in total. The van der Waals surface area contributed by atoms with Crippen LogP contribution in [0, 0.1) is 5.92 Å². The summed E-state index contributed by atoms with van der Waals surface area (Å²) >= 11 is 0. The van der Waals surface area contributed by atoms with Crippen molar-refractivity contribution in [3.05, 3.63) is 17.7 Å². The molecular formula is C18H26F3NO3. The molecule has 142 valence electrons. The first-order chi connectivity index (χ1) is 11.8. The predicted octanol–water partition coefficient (Wildman–Crippen LogP) is 4.48. The van der Waals surface area contributed by atoms with Gasteiger partial charge in [-0.2, -0.15) is 13.2 Å². The van der Waals surface area contributed by atoms with Crippen molar-refractivity contribution in [2.45, 2.75) is 50.9 Å². The second kappa shape index (κ2) is 8.17. The van der Waals surface area contributed by atoms with E-state index in [0.29, 0.717) is 23.7 Å². The molecule has 1 aliphatic carbocycles. The summed E-state index contributed by atoms with van der Waals surface area (Å²) in [4.78, 5) is 0. The Morgan fingerprint density at radius 1 is 1.04 bits per heavy atom. The molecule has 2 rings (SSSR count). The fourth-order valence-corrected chi connectivity index (χ4v) is 3.44. The summed E-state index contributed by atoms with van der Waals surface area (Å²) in [5, 5.41) is 3.33. The van der Waals surface area contributed by atoms with Gasteiger partial charge in [0.1, 0.15) is 0 Å². The molecule has 0 saturated heterocycles. The van der Waals surface area contributed by atoms with Crippen molar-refractivity contribution in [2.24, 2.45) is 5.92 Å². The van der Waals surface area contributed by atoms with E-state index in [-0.39, 0.29) is 24.9 Å². The van der Waals surface area contributed by atoms with E-state index >= 15 is 0 Å². The van der Waals surface area contributed by atoms with Crippen molar-refractivity contribution in [2.75, 3.05) is 21.3 Å². The Bertz CT molecular complexity index is 552. The molecule has 4 nitrogen and oxygen atoms in total. The summed E-state index contributed by atoms with van der Waals surface area (Å²) in [5.74, 6) is 0.339. The van der Waals surface area contributed by atoms with Crippen LogP contribution in [-0.4, -0.2) is 33.5 Å². The maximum absolute atomic E-state index is 13.0. The zero-order valence-corrected chi connectivity index (χ0v) is 15.1. The van der Waals surface area contributed by atoms with Crippen LogP contribution in [0.2, 0.25) is 0 Å². The van der Waals surface area contributed by atoms with Crippen molar-refractivity contribution in [1.82, 2.24) is 5.32 Å². The summed E-state index contributed by atoms with van der Waals surface area (Å²) in [5.41, 5.74) is 0.878. The van der Waals surface area contributed by atoms with Crippen LogP contribution in [-0.2, 0) is 0 Å². The van der Waals surface area contributed by atoms with Crippen LogP contribution < -0.4 is 19.5 Å². The quantitative estimate of drug-likeness (QED) is 0.811. The lowest BCUT2D eigenvalue weighted by atomic mass is 9.84. The van der Waals surface area contributed by atoms with Gasteiger partial charge in [0, 0.05) is 12.1 Å². The second-order valence-electron chi connectivity index (χ2n) is 6.45. The number of hydrogen-bond donors (Lipinski definition) is 1. The summed E-state index contributed by atoms with van der Waals surface area (Å²) in [7, 11) is 4.60. The minimum Gasteiger partial charge on any atom is -0.493 e. The number of methoxy groups -OCH3 is 3. The highest BCUT2D eigenvalue weighted by atomic mass is 19.4. The van der Waals surface area contributed by atoms with Crippen LogP contribution in [0.25, 0.3) is 0 Å². The standard InChI is InChI=1S/C18H26F3NO3/c1-11(22-14-7-5-6-13(10-14)18(19,20)21)12-8-15(23-2)17(25-4)16(9-12)24-3/h8-9,11,13-14,22H,5-7,10H2,1-4H3. The molecule has 0 bridgehead atoms. The normalized spacial score (nSPS) is 22.4. The molecule has 1 aliphatic rings. The van der Waals surface area contributed by atoms with Crippen LogP contribution >= 0.6 is 0 Å². The lowest BCUT2D eigenvalue weighted by Gasteiger charge is -2.33. The van der Waals surface area contributed by atoms with Crippen molar-refractivity contribution in [3.63, 3.8) is 0 Å². The largest absolute Gasteiger partial charge is 0.493 e. The van der Waals surface area contributed by atoms with Gasteiger partial charge in [-0.1, -0.05) is 6.42 Å². The molecule has 0 amide bonds. The van der Waals surface area contributed by atoms with Gasteiger partial charge in [0.2, 0.25) is 5.75 Å². The lowest BCUT2D eigenvalue weighted by molar-refractivity contribution is -0.183. The van der Waals surface area contributed by atoms with Gasteiger partial charge in [-0.25, -0.2) is 0 Å². The first kappa shape index (κ1) is 19.7. The zero-order chi connectivity index (χ0) is 18.6. The van der Waals surface area contributed by atoms with Gasteiger partial charge < -0.3 is 19.5 Å². The van der Waals surface area contributed by atoms with E-state index in [0.717, 1.165) is 12.0 Å². The molecule has 3 atom stereocenters. The third kappa shape index (κ3) is 4.71. The Kier molecular flexibility index (Phi) is 6.43. The Morgan fingerprint density at radius 2 is 1.64 bits per heavy atom. The SMILES string of the molecule is COc1cc(C(C)NC2CCCC(C(F)(F)F)C2)cc(OC)c1OC. The minimum atomic E-state index is -4.11. The number of halogens is 3. The zero-order valence-electron chi connectivity index (χ0n) is 15.1. The van der Waals surface area contributed by atoms with E-state index in [1.54, 1.807) is 0 Å². The summed E-state index contributed by atoms with van der Waals surface area (Å²) in [6, 6.07) is 3.35. The highest BCUT2D eigenvalue weighted by Gasteiger charge is 2.42. The van der Waals surface area contributed by atoms with Gasteiger partial charge in [0.05, 0.1) is 27.2 Å². The van der Waals surface area contributed by atoms with E-state index < -0.39 is 12.1 Å². The lowest BCUT2D eigenvalue weighted by Crippen LogP contribution is -2.39. The number of alkyl halides is 3. The highest BCUT2D eigenvalue weighted by Crippen LogP contribution is 2.41. The van der Waals surface area contributed by atoms with Crippen molar-refractivity contribution in [1.29, 1.82) is 0 Å². The highest BCUT2D eigenvalue weighted by molar-refractivity contribution is 5.54. The molecule has 1 fully saturated rings. The summed E-state index contributed by atoms with van der Waals surface area (Å²) < 4.78 is 54.9. The molecule has 1 saturated carbocycles. The average molecular weight is 361 g/mol. The first-order valence-electron chi connectivity index (χ1n) is 8.42. The van der Waals surface area contributed by atoms with Gasteiger partial charge in [0.15, 0.2) is 11.5 Å². The van der Waals surface area contributed by atoms with Crippen LogP contribution in [0.15, 0.2) is 12.1 Å². The van der Waals surface area contributed by atoms with Crippen LogP contribution in [0.5, 0.6) is 17.2 Å². The van der Waals surface area contributed by atoms with Crippen molar-refractivity contribution < 1.29 is 27.4 Å². The van der Waals surface area contributed by atoms with E-state index in [4.69, 9.17) is 14.2 Å². The Balaban J connectivity index is 2.13. The first-order valence-corrected chi connectivity index (χ1v) is 8.42. The third-order valence-corrected chi connectivity index (χ3v) is 4.81. The number of nitrogens with one attached hydrogen (secondary N) is 1. The molecule has 0 radical (unpaired) electrons. The van der Waals surface area contributed by atoms with Gasteiger partial charge in [0.25, 0.3) is 0 Å². The number of rotatable bonds is 6. The van der Waals surface area contributed by atoms with Crippen molar-refractivity contribution in [3.8, 4) is 17.2 Å². The second-order valence-corrected chi connectivity index (χ2v) is 6.45. The Hall–Kier alpha value is -1.63. The molecule has 7 heteroatoms. The monoisotopic (exact) mass is 361 g/mol. The average Bonchev–Trinajstić information content (AvgIpc) is 2.59. The molecule has 1 aromatic carbocycles. The van der Waals surface area contributed by atoms with Gasteiger partial charge in [-0.15, -0.1) is 0 Å². The van der Waals surface area contributed by atoms with Crippen LogP contribution in [0.1, 0.15) is 44.2 Å². The van der Waals surface area contributed by atoms with Gasteiger partial charge in [-0.3, -0.25) is 0 Å². The molecule has 0 spiro atoms. The topological polar surface area (TPSA) is 39.7 Å².